The molecule has 0 aromatic heterocycles. The Bertz CT molecular complexity index is 674. The first-order chi connectivity index (χ1) is 9.95. The van der Waals surface area contributed by atoms with Gasteiger partial charge in [0.1, 0.15) is 0 Å². The fourth-order valence-electron chi connectivity index (χ4n) is 1.69. The van der Waals surface area contributed by atoms with Crippen LogP contribution in [-0.4, -0.2) is 5.11 Å². The lowest BCUT2D eigenvalue weighted by molar-refractivity contribution is 0.926. The van der Waals surface area contributed by atoms with Crippen molar-refractivity contribution in [1.82, 2.24) is 5.32 Å². The predicted molar refractivity (Wildman–Crippen MR) is 95.7 cm³/mol. The number of nitrogens with one attached hydrogen (secondary N) is 2. The van der Waals surface area contributed by atoms with Gasteiger partial charge in [-0.15, -0.1) is 0 Å². The largest absolute Gasteiger partial charge is 0.358 e. The molecule has 6 heteroatoms. The maximum absolute atomic E-state index is 6.11. The van der Waals surface area contributed by atoms with E-state index in [2.05, 4.69) is 10.6 Å². The zero-order valence-electron chi connectivity index (χ0n) is 11.2. The molecule has 0 heterocycles. The summed E-state index contributed by atoms with van der Waals surface area (Å²) in [5.41, 5.74) is 2.78. The summed E-state index contributed by atoms with van der Waals surface area (Å²) in [6, 6.07) is 11.0. The SMILES string of the molecule is Cc1ccc(NC(=S)NCc2ccc(Cl)cc2Cl)cc1Cl. The highest BCUT2D eigenvalue weighted by Crippen LogP contribution is 2.21. The van der Waals surface area contributed by atoms with Crippen molar-refractivity contribution in [2.75, 3.05) is 5.32 Å². The molecule has 110 valence electrons. The first kappa shape index (κ1) is 16.4. The van der Waals surface area contributed by atoms with Gasteiger partial charge in [-0.1, -0.05) is 46.9 Å². The smallest absolute Gasteiger partial charge is 0.171 e. The highest BCUT2D eigenvalue weighted by molar-refractivity contribution is 7.80. The van der Waals surface area contributed by atoms with Crippen LogP contribution in [0.15, 0.2) is 36.4 Å². The molecule has 0 saturated heterocycles. The molecular formula is C15H13Cl3N2S. The molecule has 0 fully saturated rings. The van der Waals surface area contributed by atoms with Gasteiger partial charge in [0.05, 0.1) is 0 Å². The minimum absolute atomic E-state index is 0.501. The summed E-state index contributed by atoms with van der Waals surface area (Å²) < 4.78 is 0. The molecule has 0 saturated carbocycles. The lowest BCUT2D eigenvalue weighted by atomic mass is 10.2. The van der Waals surface area contributed by atoms with Crippen LogP contribution in [0.2, 0.25) is 15.1 Å². The van der Waals surface area contributed by atoms with Crippen molar-refractivity contribution in [2.24, 2.45) is 0 Å². The van der Waals surface area contributed by atoms with Crippen molar-refractivity contribution in [3.05, 3.63) is 62.6 Å². The Morgan fingerprint density at radius 3 is 2.48 bits per heavy atom. The number of benzene rings is 2. The van der Waals surface area contributed by atoms with Gasteiger partial charge >= 0.3 is 0 Å². The van der Waals surface area contributed by atoms with Crippen molar-refractivity contribution < 1.29 is 0 Å². The fraction of sp³-hybridized carbons (Fsp3) is 0.133. The van der Waals surface area contributed by atoms with E-state index in [1.165, 1.54) is 0 Å². The zero-order chi connectivity index (χ0) is 15.4. The van der Waals surface area contributed by atoms with Gasteiger partial charge in [-0.2, -0.15) is 0 Å². The average molecular weight is 360 g/mol. The maximum atomic E-state index is 6.11. The summed E-state index contributed by atoms with van der Waals surface area (Å²) in [7, 11) is 0. The Morgan fingerprint density at radius 1 is 1.05 bits per heavy atom. The molecular weight excluding hydrogens is 347 g/mol. The molecule has 2 nitrogen and oxygen atoms in total. The Morgan fingerprint density at radius 2 is 1.81 bits per heavy atom. The molecule has 0 atom stereocenters. The van der Waals surface area contributed by atoms with E-state index in [0.717, 1.165) is 16.8 Å². The number of aryl methyl sites for hydroxylation is 1. The first-order valence-electron chi connectivity index (χ1n) is 6.20. The Hall–Kier alpha value is -1.000. The molecule has 0 aliphatic carbocycles. The molecule has 0 spiro atoms. The van der Waals surface area contributed by atoms with Gasteiger partial charge in [-0.25, -0.2) is 0 Å². The highest BCUT2D eigenvalue weighted by atomic mass is 35.5. The number of hydrogen-bond acceptors (Lipinski definition) is 1. The number of hydrogen-bond donors (Lipinski definition) is 2. The molecule has 0 aliphatic rings. The summed E-state index contributed by atoms with van der Waals surface area (Å²) in [5.74, 6) is 0. The van der Waals surface area contributed by atoms with Crippen molar-refractivity contribution in [3.8, 4) is 0 Å². The van der Waals surface area contributed by atoms with Crippen LogP contribution in [0, 0.1) is 6.92 Å². The standard InChI is InChI=1S/C15H13Cl3N2S/c1-9-2-5-12(7-13(9)17)20-15(21)19-8-10-3-4-11(16)6-14(10)18/h2-7H,8H2,1H3,(H2,19,20,21). The van der Waals surface area contributed by atoms with E-state index in [9.17, 15) is 0 Å². The van der Waals surface area contributed by atoms with Crippen molar-refractivity contribution in [2.45, 2.75) is 13.5 Å². The van der Waals surface area contributed by atoms with Gasteiger partial charge in [-0.3, -0.25) is 0 Å². The molecule has 0 bridgehead atoms. The van der Waals surface area contributed by atoms with Crippen molar-refractivity contribution >= 4 is 57.8 Å². The van der Waals surface area contributed by atoms with E-state index in [-0.39, 0.29) is 0 Å². The lowest BCUT2D eigenvalue weighted by Gasteiger charge is -2.12. The summed E-state index contributed by atoms with van der Waals surface area (Å²) in [6.45, 7) is 2.46. The van der Waals surface area contributed by atoms with Crippen LogP contribution in [0.1, 0.15) is 11.1 Å². The van der Waals surface area contributed by atoms with Crippen LogP contribution in [0.3, 0.4) is 0 Å². The predicted octanol–water partition coefficient (Wildman–Crippen LogP) is 5.44. The summed E-state index contributed by atoms with van der Waals surface area (Å²) in [4.78, 5) is 0. The van der Waals surface area contributed by atoms with E-state index in [1.807, 2.05) is 31.2 Å². The summed E-state index contributed by atoms with van der Waals surface area (Å²) in [5, 5.41) is 8.59. The molecule has 2 aromatic carbocycles. The fourth-order valence-corrected chi connectivity index (χ4v) is 2.53. The second-order valence-electron chi connectivity index (χ2n) is 4.51. The van der Waals surface area contributed by atoms with Gasteiger partial charge < -0.3 is 10.6 Å². The molecule has 2 aromatic rings. The normalized spacial score (nSPS) is 10.3. The van der Waals surface area contributed by atoms with Crippen molar-refractivity contribution in [3.63, 3.8) is 0 Å². The third-order valence-corrected chi connectivity index (χ3v) is 4.12. The second-order valence-corrected chi connectivity index (χ2v) is 6.17. The monoisotopic (exact) mass is 358 g/mol. The van der Waals surface area contributed by atoms with Crippen LogP contribution in [0.25, 0.3) is 0 Å². The Balaban J connectivity index is 1.94. The number of halogens is 3. The number of anilines is 1. The van der Waals surface area contributed by atoms with Gasteiger partial charge in [0.2, 0.25) is 0 Å². The van der Waals surface area contributed by atoms with Gasteiger partial charge in [0.25, 0.3) is 0 Å². The topological polar surface area (TPSA) is 24.1 Å². The minimum Gasteiger partial charge on any atom is -0.358 e. The van der Waals surface area contributed by atoms with Gasteiger partial charge in [0.15, 0.2) is 5.11 Å². The number of rotatable bonds is 3. The molecule has 0 aliphatic heterocycles. The lowest BCUT2D eigenvalue weighted by Crippen LogP contribution is -2.28. The van der Waals surface area contributed by atoms with E-state index >= 15 is 0 Å². The van der Waals surface area contributed by atoms with E-state index in [4.69, 9.17) is 47.0 Å². The van der Waals surface area contributed by atoms with Gasteiger partial charge in [0, 0.05) is 27.3 Å². The minimum atomic E-state index is 0.501. The summed E-state index contributed by atoms with van der Waals surface area (Å²) >= 11 is 23.3. The van der Waals surface area contributed by atoms with Gasteiger partial charge in [-0.05, 0) is 54.5 Å². The second kappa shape index (κ2) is 7.32. The molecule has 21 heavy (non-hydrogen) atoms. The van der Waals surface area contributed by atoms with Crippen molar-refractivity contribution in [1.29, 1.82) is 0 Å². The molecule has 2 rings (SSSR count). The third-order valence-electron chi connectivity index (χ3n) is 2.88. The Labute approximate surface area is 144 Å². The van der Waals surface area contributed by atoms with Crippen LogP contribution < -0.4 is 10.6 Å². The van der Waals surface area contributed by atoms with Crippen LogP contribution in [0.4, 0.5) is 5.69 Å². The molecule has 0 unspecified atom stereocenters. The molecule has 0 amide bonds. The quantitative estimate of drug-likeness (QED) is 0.713. The van der Waals surface area contributed by atoms with E-state index in [1.54, 1.807) is 12.1 Å². The van der Waals surface area contributed by atoms with Crippen LogP contribution in [0.5, 0.6) is 0 Å². The first-order valence-corrected chi connectivity index (χ1v) is 7.75. The van der Waals surface area contributed by atoms with Crippen LogP contribution in [-0.2, 0) is 6.54 Å². The third kappa shape index (κ3) is 4.75. The zero-order valence-corrected chi connectivity index (χ0v) is 14.3. The highest BCUT2D eigenvalue weighted by Gasteiger charge is 2.04. The average Bonchev–Trinajstić information content (AvgIpc) is 2.42. The molecule has 0 radical (unpaired) electrons. The van der Waals surface area contributed by atoms with Crippen LogP contribution >= 0.6 is 47.0 Å². The van der Waals surface area contributed by atoms with E-state index < -0.39 is 0 Å². The Kier molecular flexibility index (Phi) is 5.71. The summed E-state index contributed by atoms with van der Waals surface area (Å²) in [6.07, 6.45) is 0. The molecule has 2 N–H and O–H groups in total. The number of thiocarbonyl (C=S) groups is 1. The van der Waals surface area contributed by atoms with E-state index in [0.29, 0.717) is 26.7 Å². The maximum Gasteiger partial charge on any atom is 0.171 e.